The van der Waals surface area contributed by atoms with Crippen LogP contribution in [0.15, 0.2) is 24.3 Å². The summed E-state index contributed by atoms with van der Waals surface area (Å²) in [7, 11) is 1.67. The van der Waals surface area contributed by atoms with Crippen molar-refractivity contribution in [3.8, 4) is 5.75 Å². The lowest BCUT2D eigenvalue weighted by molar-refractivity contribution is -0.143. The average Bonchev–Trinajstić information content (AvgIpc) is 2.44. The number of hydrogen-bond acceptors (Lipinski definition) is 4. The van der Waals surface area contributed by atoms with Gasteiger partial charge in [-0.2, -0.15) is 0 Å². The SMILES string of the molecule is CCOC(=O)CCNC(CC)c1ccccc1OC. The smallest absolute Gasteiger partial charge is 0.307 e. The van der Waals surface area contributed by atoms with Gasteiger partial charge in [-0.05, 0) is 19.4 Å². The molecular formula is C15H23NO3. The monoisotopic (exact) mass is 265 g/mol. The zero-order valence-corrected chi connectivity index (χ0v) is 11.9. The molecule has 106 valence electrons. The Morgan fingerprint density at radius 1 is 1.32 bits per heavy atom. The van der Waals surface area contributed by atoms with Crippen LogP contribution in [0.3, 0.4) is 0 Å². The second-order valence-electron chi connectivity index (χ2n) is 4.21. The van der Waals surface area contributed by atoms with Crippen LogP contribution in [0.25, 0.3) is 0 Å². The van der Waals surface area contributed by atoms with Gasteiger partial charge in [-0.3, -0.25) is 4.79 Å². The third kappa shape index (κ3) is 4.91. The van der Waals surface area contributed by atoms with Crippen LogP contribution in [-0.2, 0) is 9.53 Å². The Hall–Kier alpha value is -1.55. The lowest BCUT2D eigenvalue weighted by atomic mass is 10.0. The highest BCUT2D eigenvalue weighted by Gasteiger charge is 2.13. The van der Waals surface area contributed by atoms with E-state index in [1.807, 2.05) is 31.2 Å². The van der Waals surface area contributed by atoms with Gasteiger partial charge in [0.05, 0.1) is 20.1 Å². The molecule has 0 fully saturated rings. The number of methoxy groups -OCH3 is 1. The van der Waals surface area contributed by atoms with Gasteiger partial charge in [-0.25, -0.2) is 0 Å². The van der Waals surface area contributed by atoms with Gasteiger partial charge in [-0.1, -0.05) is 25.1 Å². The molecule has 0 spiro atoms. The van der Waals surface area contributed by atoms with E-state index in [2.05, 4.69) is 12.2 Å². The van der Waals surface area contributed by atoms with Crippen LogP contribution < -0.4 is 10.1 Å². The molecule has 0 amide bonds. The molecule has 0 saturated carbocycles. The third-order valence-electron chi connectivity index (χ3n) is 2.95. The number of rotatable bonds is 8. The second kappa shape index (κ2) is 8.53. The highest BCUT2D eigenvalue weighted by atomic mass is 16.5. The summed E-state index contributed by atoms with van der Waals surface area (Å²) in [6, 6.07) is 8.13. The van der Waals surface area contributed by atoms with Crippen LogP contribution in [0, 0.1) is 0 Å². The van der Waals surface area contributed by atoms with Crippen molar-refractivity contribution in [3.63, 3.8) is 0 Å². The van der Waals surface area contributed by atoms with Crippen LogP contribution >= 0.6 is 0 Å². The number of carbonyl (C=O) groups is 1. The number of ether oxygens (including phenoxy) is 2. The van der Waals surface area contributed by atoms with Gasteiger partial charge in [0, 0.05) is 18.2 Å². The molecule has 1 rings (SSSR count). The molecular weight excluding hydrogens is 242 g/mol. The topological polar surface area (TPSA) is 47.6 Å². The lowest BCUT2D eigenvalue weighted by Crippen LogP contribution is -2.24. The Morgan fingerprint density at radius 2 is 2.05 bits per heavy atom. The van der Waals surface area contributed by atoms with Crippen molar-refractivity contribution >= 4 is 5.97 Å². The van der Waals surface area contributed by atoms with Crippen molar-refractivity contribution in [2.24, 2.45) is 0 Å². The molecule has 0 heterocycles. The quantitative estimate of drug-likeness (QED) is 0.734. The first-order valence-corrected chi connectivity index (χ1v) is 6.74. The maximum absolute atomic E-state index is 11.3. The first kappa shape index (κ1) is 15.5. The minimum atomic E-state index is -0.162. The molecule has 0 aromatic heterocycles. The zero-order valence-electron chi connectivity index (χ0n) is 11.9. The number of benzene rings is 1. The highest BCUT2D eigenvalue weighted by molar-refractivity contribution is 5.69. The van der Waals surface area contributed by atoms with E-state index >= 15 is 0 Å². The number of carbonyl (C=O) groups excluding carboxylic acids is 1. The van der Waals surface area contributed by atoms with Crippen molar-refractivity contribution < 1.29 is 14.3 Å². The summed E-state index contributed by atoms with van der Waals surface area (Å²) in [5.41, 5.74) is 1.12. The second-order valence-corrected chi connectivity index (χ2v) is 4.21. The summed E-state index contributed by atoms with van der Waals surface area (Å²) in [6.07, 6.45) is 1.32. The van der Waals surface area contributed by atoms with E-state index in [1.54, 1.807) is 7.11 Å². The first-order chi connectivity index (χ1) is 9.22. The molecule has 1 unspecified atom stereocenters. The summed E-state index contributed by atoms with van der Waals surface area (Å²) in [5.74, 6) is 0.711. The molecule has 1 atom stereocenters. The van der Waals surface area contributed by atoms with E-state index in [-0.39, 0.29) is 12.0 Å². The Bertz CT molecular complexity index is 393. The molecule has 0 aliphatic heterocycles. The third-order valence-corrected chi connectivity index (χ3v) is 2.95. The fourth-order valence-corrected chi connectivity index (χ4v) is 2.01. The van der Waals surface area contributed by atoms with Crippen molar-refractivity contribution in [1.29, 1.82) is 0 Å². The van der Waals surface area contributed by atoms with Crippen LogP contribution in [0.4, 0.5) is 0 Å². The van der Waals surface area contributed by atoms with Crippen molar-refractivity contribution in [3.05, 3.63) is 29.8 Å². The fraction of sp³-hybridized carbons (Fsp3) is 0.533. The maximum atomic E-state index is 11.3. The normalized spacial score (nSPS) is 11.9. The number of esters is 1. The van der Waals surface area contributed by atoms with Gasteiger partial charge in [0.1, 0.15) is 5.75 Å². The van der Waals surface area contributed by atoms with E-state index in [0.29, 0.717) is 19.6 Å². The van der Waals surface area contributed by atoms with Gasteiger partial charge in [-0.15, -0.1) is 0 Å². The molecule has 19 heavy (non-hydrogen) atoms. The summed E-state index contributed by atoms with van der Waals surface area (Å²) in [5, 5.41) is 3.37. The molecule has 4 nitrogen and oxygen atoms in total. The Morgan fingerprint density at radius 3 is 2.68 bits per heavy atom. The molecule has 0 bridgehead atoms. The van der Waals surface area contributed by atoms with Gasteiger partial charge in [0.25, 0.3) is 0 Å². The largest absolute Gasteiger partial charge is 0.496 e. The minimum absolute atomic E-state index is 0.162. The molecule has 1 aromatic carbocycles. The van der Waals surface area contributed by atoms with Crippen molar-refractivity contribution in [2.45, 2.75) is 32.7 Å². The predicted molar refractivity (Wildman–Crippen MR) is 75.3 cm³/mol. The molecule has 0 radical (unpaired) electrons. The molecule has 0 aliphatic carbocycles. The Kier molecular flexibility index (Phi) is 6.97. The summed E-state index contributed by atoms with van der Waals surface area (Å²) in [4.78, 5) is 11.3. The summed E-state index contributed by atoms with van der Waals surface area (Å²) >= 11 is 0. The summed E-state index contributed by atoms with van der Waals surface area (Å²) < 4.78 is 10.3. The van der Waals surface area contributed by atoms with Crippen LogP contribution in [0.5, 0.6) is 5.75 Å². The van der Waals surface area contributed by atoms with E-state index in [1.165, 1.54) is 0 Å². The van der Waals surface area contributed by atoms with E-state index in [0.717, 1.165) is 17.7 Å². The molecule has 4 heteroatoms. The standard InChI is InChI=1S/C15H23NO3/c1-4-13(16-11-10-15(17)19-5-2)12-8-6-7-9-14(12)18-3/h6-9,13,16H,4-5,10-11H2,1-3H3. The molecule has 1 aromatic rings. The molecule has 0 aliphatic rings. The van der Waals surface area contributed by atoms with Crippen LogP contribution in [-0.4, -0.2) is 26.2 Å². The number of hydrogen-bond donors (Lipinski definition) is 1. The van der Waals surface area contributed by atoms with Gasteiger partial charge in [0.15, 0.2) is 0 Å². The average molecular weight is 265 g/mol. The zero-order chi connectivity index (χ0) is 14.1. The fourth-order valence-electron chi connectivity index (χ4n) is 2.01. The Labute approximate surface area is 115 Å². The minimum Gasteiger partial charge on any atom is -0.496 e. The first-order valence-electron chi connectivity index (χ1n) is 6.74. The van der Waals surface area contributed by atoms with Crippen LogP contribution in [0.2, 0.25) is 0 Å². The number of para-hydroxylation sites is 1. The van der Waals surface area contributed by atoms with Gasteiger partial charge < -0.3 is 14.8 Å². The van der Waals surface area contributed by atoms with E-state index in [9.17, 15) is 4.79 Å². The lowest BCUT2D eigenvalue weighted by Gasteiger charge is -2.19. The van der Waals surface area contributed by atoms with Crippen LogP contribution in [0.1, 0.15) is 38.3 Å². The van der Waals surface area contributed by atoms with E-state index in [4.69, 9.17) is 9.47 Å². The molecule has 0 saturated heterocycles. The molecule has 1 N–H and O–H groups in total. The van der Waals surface area contributed by atoms with E-state index < -0.39 is 0 Å². The number of nitrogens with one attached hydrogen (secondary N) is 1. The Balaban J connectivity index is 2.56. The van der Waals surface area contributed by atoms with Gasteiger partial charge in [0.2, 0.25) is 0 Å². The predicted octanol–water partition coefficient (Wildman–Crippen LogP) is 2.69. The highest BCUT2D eigenvalue weighted by Crippen LogP contribution is 2.26. The van der Waals surface area contributed by atoms with Crippen molar-refractivity contribution in [2.75, 3.05) is 20.3 Å². The maximum Gasteiger partial charge on any atom is 0.307 e. The van der Waals surface area contributed by atoms with Gasteiger partial charge >= 0.3 is 5.97 Å². The van der Waals surface area contributed by atoms with Crippen molar-refractivity contribution in [1.82, 2.24) is 5.32 Å². The summed E-state index contributed by atoms with van der Waals surface area (Å²) in [6.45, 7) is 4.96.